The van der Waals surface area contributed by atoms with Crippen LogP contribution in [0, 0.1) is 0 Å². The van der Waals surface area contributed by atoms with Crippen molar-refractivity contribution in [3.05, 3.63) is 28.2 Å². The number of methoxy groups -OCH3 is 1. The lowest BCUT2D eigenvalue weighted by molar-refractivity contribution is -0.132. The van der Waals surface area contributed by atoms with E-state index < -0.39 is 5.97 Å². The number of carboxylic acid groups (broad SMARTS) is 1. The van der Waals surface area contributed by atoms with Crippen molar-refractivity contribution in [3.63, 3.8) is 0 Å². The SMILES string of the molecule is COc1cc(/C=C/C(=O)O)cc(Br)c1OCC(=O)N(C)C. The number of nitrogens with zero attached hydrogens (tertiary/aromatic N) is 1. The lowest BCUT2D eigenvalue weighted by Gasteiger charge is -2.15. The van der Waals surface area contributed by atoms with Gasteiger partial charge >= 0.3 is 5.97 Å². The average molecular weight is 358 g/mol. The fourth-order valence-electron chi connectivity index (χ4n) is 1.41. The van der Waals surface area contributed by atoms with E-state index in [2.05, 4.69) is 15.9 Å². The number of likely N-dealkylation sites (N-methyl/N-ethyl adjacent to an activating group) is 1. The number of carboxylic acids is 1. The highest BCUT2D eigenvalue weighted by molar-refractivity contribution is 9.10. The molecule has 1 rings (SSSR count). The van der Waals surface area contributed by atoms with Crippen molar-refractivity contribution in [1.82, 2.24) is 4.90 Å². The maximum Gasteiger partial charge on any atom is 0.328 e. The minimum atomic E-state index is -1.04. The van der Waals surface area contributed by atoms with Crippen LogP contribution < -0.4 is 9.47 Å². The zero-order valence-corrected chi connectivity index (χ0v) is 13.5. The lowest BCUT2D eigenvalue weighted by Crippen LogP contribution is -2.27. The highest BCUT2D eigenvalue weighted by Crippen LogP contribution is 2.37. The topological polar surface area (TPSA) is 76.1 Å². The summed E-state index contributed by atoms with van der Waals surface area (Å²) in [5.74, 6) is -0.429. The molecule has 0 saturated heterocycles. The Morgan fingerprint density at radius 3 is 2.57 bits per heavy atom. The van der Waals surface area contributed by atoms with Crippen LogP contribution in [-0.2, 0) is 9.59 Å². The molecule has 1 amide bonds. The fraction of sp³-hybridized carbons (Fsp3) is 0.286. The van der Waals surface area contributed by atoms with Gasteiger partial charge in [0.1, 0.15) is 0 Å². The number of hydrogen-bond donors (Lipinski definition) is 1. The van der Waals surface area contributed by atoms with Gasteiger partial charge in [0.25, 0.3) is 5.91 Å². The van der Waals surface area contributed by atoms with Crippen LogP contribution in [0.3, 0.4) is 0 Å². The number of rotatable bonds is 6. The van der Waals surface area contributed by atoms with Gasteiger partial charge in [-0.05, 0) is 39.7 Å². The number of ether oxygens (including phenoxy) is 2. The van der Waals surface area contributed by atoms with Crippen molar-refractivity contribution in [2.24, 2.45) is 0 Å². The van der Waals surface area contributed by atoms with Gasteiger partial charge in [0, 0.05) is 20.2 Å². The Morgan fingerprint density at radius 2 is 2.05 bits per heavy atom. The van der Waals surface area contributed by atoms with Crippen molar-refractivity contribution in [3.8, 4) is 11.5 Å². The molecule has 0 aromatic heterocycles. The monoisotopic (exact) mass is 357 g/mol. The molecule has 0 unspecified atom stereocenters. The summed E-state index contributed by atoms with van der Waals surface area (Å²) in [7, 11) is 4.74. The second kappa shape index (κ2) is 7.68. The molecule has 0 saturated carbocycles. The molecule has 6 nitrogen and oxygen atoms in total. The summed E-state index contributed by atoms with van der Waals surface area (Å²) in [4.78, 5) is 23.5. The number of hydrogen-bond acceptors (Lipinski definition) is 4. The molecular weight excluding hydrogens is 342 g/mol. The normalized spacial score (nSPS) is 10.5. The van der Waals surface area contributed by atoms with Crippen LogP contribution in [0.2, 0.25) is 0 Å². The lowest BCUT2D eigenvalue weighted by atomic mass is 10.2. The summed E-state index contributed by atoms with van der Waals surface area (Å²) in [6.07, 6.45) is 2.46. The van der Waals surface area contributed by atoms with Crippen molar-refractivity contribution in [1.29, 1.82) is 0 Å². The Labute approximate surface area is 131 Å². The van der Waals surface area contributed by atoms with E-state index in [-0.39, 0.29) is 12.5 Å². The summed E-state index contributed by atoms with van der Waals surface area (Å²) in [5, 5.41) is 8.63. The van der Waals surface area contributed by atoms with Crippen LogP contribution in [0.25, 0.3) is 6.08 Å². The van der Waals surface area contributed by atoms with Gasteiger partial charge in [-0.15, -0.1) is 0 Å². The van der Waals surface area contributed by atoms with Gasteiger partial charge in [-0.2, -0.15) is 0 Å². The van der Waals surface area contributed by atoms with Crippen molar-refractivity contribution in [2.75, 3.05) is 27.8 Å². The summed E-state index contributed by atoms with van der Waals surface area (Å²) in [6.45, 7) is -0.119. The van der Waals surface area contributed by atoms with Gasteiger partial charge in [0.15, 0.2) is 18.1 Å². The minimum Gasteiger partial charge on any atom is -0.493 e. The molecule has 21 heavy (non-hydrogen) atoms. The first kappa shape index (κ1) is 17.0. The van der Waals surface area contributed by atoms with E-state index in [0.717, 1.165) is 6.08 Å². The summed E-state index contributed by atoms with van der Waals surface area (Å²) >= 11 is 3.32. The van der Waals surface area contributed by atoms with Crippen LogP contribution in [-0.4, -0.2) is 49.7 Å². The van der Waals surface area contributed by atoms with Crippen LogP contribution >= 0.6 is 15.9 Å². The predicted octanol–water partition coefficient (Wildman–Crippen LogP) is 2.02. The zero-order valence-electron chi connectivity index (χ0n) is 11.9. The zero-order chi connectivity index (χ0) is 16.0. The third-order valence-corrected chi connectivity index (χ3v) is 3.10. The molecule has 1 N–H and O–H groups in total. The summed E-state index contributed by atoms with van der Waals surface area (Å²) in [6, 6.07) is 3.30. The molecule has 0 aliphatic carbocycles. The Morgan fingerprint density at radius 1 is 1.38 bits per heavy atom. The minimum absolute atomic E-state index is 0.119. The summed E-state index contributed by atoms with van der Waals surface area (Å²) < 4.78 is 11.2. The third kappa shape index (κ3) is 5.11. The van der Waals surface area contributed by atoms with E-state index >= 15 is 0 Å². The molecule has 0 bridgehead atoms. The molecule has 0 fully saturated rings. The standard InChI is InChI=1S/C14H16BrNO5/c1-16(2)12(17)8-21-14-10(15)6-9(4-5-13(18)19)7-11(14)20-3/h4-7H,8H2,1-3H3,(H,18,19)/b5-4+. The number of aliphatic carboxylic acids is 1. The molecular formula is C14H16BrNO5. The highest BCUT2D eigenvalue weighted by Gasteiger charge is 2.13. The van der Waals surface area contributed by atoms with Crippen LogP contribution in [0.5, 0.6) is 11.5 Å². The molecule has 0 aliphatic rings. The number of carbonyl (C=O) groups is 2. The van der Waals surface area contributed by atoms with E-state index in [0.29, 0.717) is 21.5 Å². The van der Waals surface area contributed by atoms with Gasteiger partial charge in [0.2, 0.25) is 0 Å². The smallest absolute Gasteiger partial charge is 0.328 e. The summed E-state index contributed by atoms with van der Waals surface area (Å²) in [5.41, 5.74) is 0.632. The fourth-order valence-corrected chi connectivity index (χ4v) is 1.98. The molecule has 0 heterocycles. The number of halogens is 1. The van der Waals surface area contributed by atoms with E-state index in [1.807, 2.05) is 0 Å². The molecule has 1 aromatic carbocycles. The van der Waals surface area contributed by atoms with E-state index in [1.54, 1.807) is 26.2 Å². The molecule has 0 radical (unpaired) electrons. The number of amides is 1. The first-order valence-corrected chi connectivity index (χ1v) is 6.76. The molecule has 0 atom stereocenters. The van der Waals surface area contributed by atoms with Gasteiger partial charge in [-0.3, -0.25) is 4.79 Å². The predicted molar refractivity (Wildman–Crippen MR) is 81.6 cm³/mol. The largest absolute Gasteiger partial charge is 0.493 e. The van der Waals surface area contributed by atoms with Gasteiger partial charge in [0.05, 0.1) is 11.6 Å². The van der Waals surface area contributed by atoms with Crippen LogP contribution in [0.4, 0.5) is 0 Å². The van der Waals surface area contributed by atoms with Gasteiger partial charge < -0.3 is 19.5 Å². The maximum atomic E-state index is 11.5. The van der Waals surface area contributed by atoms with E-state index in [9.17, 15) is 9.59 Å². The third-order valence-electron chi connectivity index (χ3n) is 2.51. The van der Waals surface area contributed by atoms with Crippen molar-refractivity contribution >= 4 is 33.9 Å². The second-order valence-electron chi connectivity index (χ2n) is 4.28. The maximum absolute atomic E-state index is 11.5. The molecule has 1 aromatic rings. The first-order chi connectivity index (χ1) is 9.85. The Hall–Kier alpha value is -2.02. The van der Waals surface area contributed by atoms with E-state index in [4.69, 9.17) is 14.6 Å². The van der Waals surface area contributed by atoms with Crippen LogP contribution in [0.1, 0.15) is 5.56 Å². The molecule has 0 aliphatic heterocycles. The van der Waals surface area contributed by atoms with Gasteiger partial charge in [-0.25, -0.2) is 4.79 Å². The Kier molecular flexibility index (Phi) is 6.23. The first-order valence-electron chi connectivity index (χ1n) is 5.96. The number of carbonyl (C=O) groups excluding carboxylic acids is 1. The highest BCUT2D eigenvalue weighted by atomic mass is 79.9. The van der Waals surface area contributed by atoms with Crippen molar-refractivity contribution < 1.29 is 24.2 Å². The molecule has 7 heteroatoms. The Bertz CT molecular complexity index is 569. The molecule has 114 valence electrons. The van der Waals surface area contributed by atoms with Crippen LogP contribution in [0.15, 0.2) is 22.7 Å². The number of benzene rings is 1. The van der Waals surface area contributed by atoms with E-state index in [1.165, 1.54) is 18.1 Å². The Balaban J connectivity index is 3.00. The second-order valence-corrected chi connectivity index (χ2v) is 5.14. The average Bonchev–Trinajstić information content (AvgIpc) is 2.42. The quantitative estimate of drug-likeness (QED) is 0.788. The molecule has 0 spiro atoms. The van der Waals surface area contributed by atoms with Gasteiger partial charge in [-0.1, -0.05) is 0 Å². The van der Waals surface area contributed by atoms with Crippen molar-refractivity contribution in [2.45, 2.75) is 0 Å².